The van der Waals surface area contributed by atoms with Gasteiger partial charge in [-0.15, -0.1) is 0 Å². The summed E-state index contributed by atoms with van der Waals surface area (Å²) in [5.41, 5.74) is 14.5. The van der Waals surface area contributed by atoms with E-state index in [2.05, 4.69) is 13.8 Å². The molecule has 0 heterocycles. The maximum Gasteiger partial charge on any atom is 0.165 e. The minimum Gasteiger partial charge on any atom is -0.398 e. The van der Waals surface area contributed by atoms with E-state index in [1.807, 2.05) is 0 Å². The summed E-state index contributed by atoms with van der Waals surface area (Å²) >= 11 is 0. The van der Waals surface area contributed by atoms with Crippen molar-refractivity contribution in [2.45, 2.75) is 32.1 Å². The summed E-state index contributed by atoms with van der Waals surface area (Å²) in [6.07, 6.45) is 1.40. The van der Waals surface area contributed by atoms with Gasteiger partial charge >= 0.3 is 0 Å². The molecule has 4 N–H and O–H groups in total. The van der Waals surface area contributed by atoms with Crippen LogP contribution in [0.4, 0.5) is 11.4 Å². The van der Waals surface area contributed by atoms with Crippen molar-refractivity contribution in [3.63, 3.8) is 0 Å². The summed E-state index contributed by atoms with van der Waals surface area (Å²) in [7, 11) is 0. The molecule has 0 unspecified atom stereocenters. The van der Waals surface area contributed by atoms with Gasteiger partial charge in [0.2, 0.25) is 0 Å². The van der Waals surface area contributed by atoms with Gasteiger partial charge in [-0.3, -0.25) is 4.79 Å². The Morgan fingerprint density at radius 3 is 2.40 bits per heavy atom. The molecule has 3 heteroatoms. The van der Waals surface area contributed by atoms with Crippen molar-refractivity contribution in [2.75, 3.05) is 11.5 Å². The number of ketones is 1. The van der Waals surface area contributed by atoms with Crippen LogP contribution in [0.5, 0.6) is 0 Å². The molecule has 1 aromatic carbocycles. The Bertz CT molecular complexity index is 435. The van der Waals surface area contributed by atoms with E-state index in [1.54, 1.807) is 12.1 Å². The van der Waals surface area contributed by atoms with E-state index < -0.39 is 0 Å². The first-order valence-corrected chi connectivity index (χ1v) is 5.15. The molecule has 1 aromatic rings. The first kappa shape index (κ1) is 10.0. The van der Waals surface area contributed by atoms with Crippen molar-refractivity contribution in [1.82, 2.24) is 0 Å². The summed E-state index contributed by atoms with van der Waals surface area (Å²) in [5.74, 6) is 0.120. The van der Waals surface area contributed by atoms with Crippen LogP contribution in [0.2, 0.25) is 0 Å². The molecule has 0 saturated carbocycles. The van der Waals surface area contributed by atoms with Gasteiger partial charge in [0, 0.05) is 23.4 Å². The molecule has 0 atom stereocenters. The van der Waals surface area contributed by atoms with E-state index in [0.717, 1.165) is 12.0 Å². The molecule has 0 bridgehead atoms. The summed E-state index contributed by atoms with van der Waals surface area (Å²) in [6.45, 7) is 4.21. The molecule has 3 nitrogen and oxygen atoms in total. The molecule has 0 aromatic heterocycles. The van der Waals surface area contributed by atoms with E-state index in [1.165, 1.54) is 0 Å². The maximum atomic E-state index is 11.8. The van der Waals surface area contributed by atoms with Gasteiger partial charge in [0.25, 0.3) is 0 Å². The largest absolute Gasteiger partial charge is 0.398 e. The Balaban J connectivity index is 2.77. The molecule has 0 radical (unpaired) electrons. The SMILES string of the molecule is CC1(C)CCC(=O)c2c(N)ccc(N)c21. The Kier molecular flexibility index (Phi) is 2.00. The lowest BCUT2D eigenvalue weighted by Crippen LogP contribution is -2.29. The average molecular weight is 204 g/mol. The fraction of sp³-hybridized carbons (Fsp3) is 0.417. The summed E-state index contributed by atoms with van der Waals surface area (Å²) in [4.78, 5) is 11.8. The summed E-state index contributed by atoms with van der Waals surface area (Å²) in [6, 6.07) is 3.50. The Morgan fingerprint density at radius 2 is 1.80 bits per heavy atom. The first-order chi connectivity index (χ1) is 6.93. The lowest BCUT2D eigenvalue weighted by molar-refractivity contribution is 0.0958. The molecule has 80 valence electrons. The Morgan fingerprint density at radius 1 is 1.20 bits per heavy atom. The molecule has 0 amide bonds. The zero-order chi connectivity index (χ0) is 11.2. The predicted molar refractivity (Wildman–Crippen MR) is 61.9 cm³/mol. The molecular weight excluding hydrogens is 188 g/mol. The fourth-order valence-electron chi connectivity index (χ4n) is 2.34. The number of hydrogen-bond donors (Lipinski definition) is 2. The highest BCUT2D eigenvalue weighted by Gasteiger charge is 2.34. The number of hydrogen-bond acceptors (Lipinski definition) is 3. The summed E-state index contributed by atoms with van der Waals surface area (Å²) in [5, 5.41) is 0. The normalized spacial score (nSPS) is 18.7. The number of anilines is 2. The Hall–Kier alpha value is -1.51. The second-order valence-electron chi connectivity index (χ2n) is 4.80. The van der Waals surface area contributed by atoms with E-state index in [0.29, 0.717) is 23.4 Å². The van der Waals surface area contributed by atoms with Crippen molar-refractivity contribution < 1.29 is 4.79 Å². The number of nitrogen functional groups attached to an aromatic ring is 2. The number of benzene rings is 1. The standard InChI is InChI=1S/C12H16N2O/c1-12(2)6-5-9(15)10-7(13)3-4-8(14)11(10)12/h3-4H,5-6,13-14H2,1-2H3. The topological polar surface area (TPSA) is 69.1 Å². The monoisotopic (exact) mass is 204 g/mol. The van der Waals surface area contributed by atoms with Crippen LogP contribution in [0.1, 0.15) is 42.6 Å². The average Bonchev–Trinajstić information content (AvgIpc) is 2.16. The van der Waals surface area contributed by atoms with Gasteiger partial charge in [0.15, 0.2) is 5.78 Å². The molecular formula is C12H16N2O. The van der Waals surface area contributed by atoms with Crippen molar-refractivity contribution in [1.29, 1.82) is 0 Å². The van der Waals surface area contributed by atoms with Crippen LogP contribution < -0.4 is 11.5 Å². The van der Waals surface area contributed by atoms with Crippen LogP contribution in [0.3, 0.4) is 0 Å². The van der Waals surface area contributed by atoms with Crippen molar-refractivity contribution in [2.24, 2.45) is 0 Å². The van der Waals surface area contributed by atoms with Crippen LogP contribution in [-0.2, 0) is 5.41 Å². The molecule has 2 rings (SSSR count). The van der Waals surface area contributed by atoms with Crippen molar-refractivity contribution >= 4 is 17.2 Å². The number of rotatable bonds is 0. The van der Waals surface area contributed by atoms with E-state index in [9.17, 15) is 4.79 Å². The lowest BCUT2D eigenvalue weighted by atomic mass is 9.71. The zero-order valence-corrected chi connectivity index (χ0v) is 9.13. The van der Waals surface area contributed by atoms with Gasteiger partial charge in [-0.05, 0) is 29.5 Å². The highest BCUT2D eigenvalue weighted by atomic mass is 16.1. The summed E-state index contributed by atoms with van der Waals surface area (Å²) < 4.78 is 0. The van der Waals surface area contributed by atoms with Crippen molar-refractivity contribution in [3.05, 3.63) is 23.3 Å². The molecule has 1 aliphatic rings. The minimum absolute atomic E-state index is 0.0529. The van der Waals surface area contributed by atoms with Crippen LogP contribution in [0, 0.1) is 0 Å². The van der Waals surface area contributed by atoms with Gasteiger partial charge in [-0.2, -0.15) is 0 Å². The van der Waals surface area contributed by atoms with Gasteiger partial charge < -0.3 is 11.5 Å². The number of Topliss-reactive ketones (excluding diaryl/α,β-unsaturated/α-hetero) is 1. The first-order valence-electron chi connectivity index (χ1n) is 5.15. The van der Waals surface area contributed by atoms with E-state index >= 15 is 0 Å². The molecule has 15 heavy (non-hydrogen) atoms. The number of fused-ring (bicyclic) bond motifs is 1. The Labute approximate surface area is 89.5 Å². The van der Waals surface area contributed by atoms with Gasteiger partial charge in [0.05, 0.1) is 0 Å². The van der Waals surface area contributed by atoms with Crippen LogP contribution >= 0.6 is 0 Å². The third-order valence-electron chi connectivity index (χ3n) is 3.20. The highest BCUT2D eigenvalue weighted by Crippen LogP contribution is 2.42. The van der Waals surface area contributed by atoms with Crippen molar-refractivity contribution in [3.8, 4) is 0 Å². The quantitative estimate of drug-likeness (QED) is 0.636. The van der Waals surface area contributed by atoms with Crippen LogP contribution in [0.25, 0.3) is 0 Å². The number of carbonyl (C=O) groups is 1. The third-order valence-corrected chi connectivity index (χ3v) is 3.20. The minimum atomic E-state index is -0.0529. The van der Waals surface area contributed by atoms with Gasteiger partial charge in [-0.25, -0.2) is 0 Å². The molecule has 0 fully saturated rings. The highest BCUT2D eigenvalue weighted by molar-refractivity contribution is 6.05. The molecule has 0 spiro atoms. The van der Waals surface area contributed by atoms with E-state index in [-0.39, 0.29) is 11.2 Å². The van der Waals surface area contributed by atoms with Crippen LogP contribution in [0.15, 0.2) is 12.1 Å². The third kappa shape index (κ3) is 1.39. The van der Waals surface area contributed by atoms with Gasteiger partial charge in [0.1, 0.15) is 0 Å². The lowest BCUT2D eigenvalue weighted by Gasteiger charge is -2.33. The van der Waals surface area contributed by atoms with E-state index in [4.69, 9.17) is 11.5 Å². The molecule has 0 saturated heterocycles. The maximum absolute atomic E-state index is 11.8. The molecule has 1 aliphatic carbocycles. The second kappa shape index (κ2) is 2.99. The van der Waals surface area contributed by atoms with Gasteiger partial charge in [-0.1, -0.05) is 13.8 Å². The number of nitrogens with two attached hydrogens (primary N) is 2. The fourth-order valence-corrected chi connectivity index (χ4v) is 2.34. The van der Waals surface area contributed by atoms with Crippen LogP contribution in [-0.4, -0.2) is 5.78 Å². The number of carbonyl (C=O) groups excluding carboxylic acids is 1. The zero-order valence-electron chi connectivity index (χ0n) is 9.13. The smallest absolute Gasteiger partial charge is 0.165 e. The molecule has 0 aliphatic heterocycles. The predicted octanol–water partition coefficient (Wildman–Crippen LogP) is 2.11. The second-order valence-corrected chi connectivity index (χ2v) is 4.80.